The van der Waals surface area contributed by atoms with E-state index in [4.69, 9.17) is 11.6 Å². The highest BCUT2D eigenvalue weighted by molar-refractivity contribution is 6.34. The van der Waals surface area contributed by atoms with Gasteiger partial charge in [-0.2, -0.15) is 13.2 Å². The molecule has 0 unspecified atom stereocenters. The molecule has 6 nitrogen and oxygen atoms in total. The molecule has 1 amide bonds. The van der Waals surface area contributed by atoms with Crippen LogP contribution in [-0.2, 0) is 6.18 Å². The van der Waals surface area contributed by atoms with Gasteiger partial charge in [0.2, 0.25) is 0 Å². The fraction of sp³-hybridized carbons (Fsp3) is 0.278. The first-order valence-corrected chi connectivity index (χ1v) is 8.63. The standard InChI is InChI=1S/C18H17ClF3N3O3/c1-23(28)25(12-5-2-4-11(8-12)24-9-13(26)10-24)17(27)16-14(18(20,21)22)6-3-7-15(16)19/h2-8,13,26,28H,9-10H2,1H3. The molecule has 2 aromatic rings. The molecule has 1 heterocycles. The first kappa shape index (κ1) is 20.4. The van der Waals surface area contributed by atoms with Gasteiger partial charge in [-0.1, -0.05) is 28.9 Å². The van der Waals surface area contributed by atoms with Gasteiger partial charge in [0.15, 0.2) is 0 Å². The lowest BCUT2D eigenvalue weighted by atomic mass is 10.1. The summed E-state index contributed by atoms with van der Waals surface area (Å²) in [7, 11) is 1.11. The minimum absolute atomic E-state index is 0.141. The molecule has 2 N–H and O–H groups in total. The summed E-state index contributed by atoms with van der Waals surface area (Å²) in [5.41, 5.74) is -1.17. The molecule has 0 aromatic heterocycles. The predicted molar refractivity (Wildman–Crippen MR) is 97.5 cm³/mol. The Kier molecular flexibility index (Phi) is 5.53. The Morgan fingerprint density at radius 2 is 1.86 bits per heavy atom. The largest absolute Gasteiger partial charge is 0.417 e. The number of hydroxylamine groups is 1. The van der Waals surface area contributed by atoms with E-state index in [1.807, 2.05) is 4.90 Å². The van der Waals surface area contributed by atoms with Crippen LogP contribution >= 0.6 is 11.6 Å². The van der Waals surface area contributed by atoms with Gasteiger partial charge in [-0.3, -0.25) is 10.0 Å². The number of rotatable bonds is 4. The molecule has 1 fully saturated rings. The number of hydrogen-bond acceptors (Lipinski definition) is 5. The van der Waals surface area contributed by atoms with E-state index in [0.29, 0.717) is 29.0 Å². The third-order valence-electron chi connectivity index (χ3n) is 4.32. The van der Waals surface area contributed by atoms with E-state index < -0.39 is 29.3 Å². The Labute approximate surface area is 163 Å². The molecular weight excluding hydrogens is 399 g/mol. The third kappa shape index (κ3) is 3.93. The van der Waals surface area contributed by atoms with Crippen molar-refractivity contribution < 1.29 is 28.3 Å². The van der Waals surface area contributed by atoms with Crippen LogP contribution in [0.15, 0.2) is 42.5 Å². The molecule has 1 aliphatic rings. The summed E-state index contributed by atoms with van der Waals surface area (Å²) >= 11 is 5.91. The SMILES string of the molecule is CN(O)N(C(=O)c1c(Cl)cccc1C(F)(F)F)c1cccc(N2CC(O)C2)c1. The molecule has 3 rings (SSSR count). The van der Waals surface area contributed by atoms with E-state index in [-0.39, 0.29) is 10.7 Å². The van der Waals surface area contributed by atoms with Gasteiger partial charge in [0.25, 0.3) is 5.91 Å². The summed E-state index contributed by atoms with van der Waals surface area (Å²) in [6.45, 7) is 0.796. The van der Waals surface area contributed by atoms with Gasteiger partial charge in [-0.05, 0) is 30.3 Å². The second kappa shape index (κ2) is 7.59. The smallest absolute Gasteiger partial charge is 0.389 e. The molecule has 0 bridgehead atoms. The lowest BCUT2D eigenvalue weighted by Crippen LogP contribution is -2.51. The number of carbonyl (C=O) groups excluding carboxylic acids is 1. The van der Waals surface area contributed by atoms with Crippen LogP contribution in [0.3, 0.4) is 0 Å². The normalized spacial score (nSPS) is 14.9. The molecule has 0 atom stereocenters. The van der Waals surface area contributed by atoms with Crippen molar-refractivity contribution in [3.63, 3.8) is 0 Å². The van der Waals surface area contributed by atoms with Gasteiger partial charge in [-0.15, -0.1) is 0 Å². The van der Waals surface area contributed by atoms with E-state index in [0.717, 1.165) is 19.2 Å². The molecular formula is C18H17ClF3N3O3. The monoisotopic (exact) mass is 415 g/mol. The number of aliphatic hydroxyl groups excluding tert-OH is 1. The zero-order valence-electron chi connectivity index (χ0n) is 14.7. The van der Waals surface area contributed by atoms with Crippen LogP contribution in [0.1, 0.15) is 15.9 Å². The molecule has 1 aliphatic heterocycles. The molecule has 0 aliphatic carbocycles. The van der Waals surface area contributed by atoms with Crippen LogP contribution in [0.2, 0.25) is 5.02 Å². The Bertz CT molecular complexity index is 886. The summed E-state index contributed by atoms with van der Waals surface area (Å²) in [4.78, 5) is 14.8. The Hall–Kier alpha value is -2.33. The minimum Gasteiger partial charge on any atom is -0.389 e. The average molecular weight is 416 g/mol. The molecule has 0 radical (unpaired) electrons. The number of nitrogens with zero attached hydrogens (tertiary/aromatic N) is 3. The van der Waals surface area contributed by atoms with Crippen LogP contribution in [0.4, 0.5) is 24.5 Å². The Balaban J connectivity index is 2.03. The highest BCUT2D eigenvalue weighted by atomic mass is 35.5. The van der Waals surface area contributed by atoms with Crippen molar-refractivity contribution in [3.05, 3.63) is 58.6 Å². The lowest BCUT2D eigenvalue weighted by Gasteiger charge is -2.38. The van der Waals surface area contributed by atoms with Crippen molar-refractivity contribution in [1.29, 1.82) is 0 Å². The number of hydrazine groups is 1. The van der Waals surface area contributed by atoms with Gasteiger partial charge in [0, 0.05) is 25.8 Å². The maximum absolute atomic E-state index is 13.4. The van der Waals surface area contributed by atoms with Crippen molar-refractivity contribution >= 4 is 28.9 Å². The van der Waals surface area contributed by atoms with Crippen LogP contribution in [0, 0.1) is 0 Å². The van der Waals surface area contributed by atoms with Crippen molar-refractivity contribution in [2.75, 3.05) is 30.0 Å². The third-order valence-corrected chi connectivity index (χ3v) is 4.63. The van der Waals surface area contributed by atoms with Crippen molar-refractivity contribution in [1.82, 2.24) is 5.17 Å². The number of anilines is 2. The molecule has 0 spiro atoms. The van der Waals surface area contributed by atoms with Crippen LogP contribution in [-0.4, -0.2) is 47.6 Å². The summed E-state index contributed by atoms with van der Waals surface area (Å²) in [6.07, 6.45) is -5.26. The number of benzene rings is 2. The van der Waals surface area contributed by atoms with E-state index in [9.17, 15) is 28.3 Å². The minimum atomic E-state index is -4.80. The zero-order chi connectivity index (χ0) is 20.6. The summed E-state index contributed by atoms with van der Waals surface area (Å²) in [5.74, 6) is -1.14. The van der Waals surface area contributed by atoms with Crippen molar-refractivity contribution in [2.45, 2.75) is 12.3 Å². The lowest BCUT2D eigenvalue weighted by molar-refractivity contribution is -0.138. The average Bonchev–Trinajstić information content (AvgIpc) is 2.58. The fourth-order valence-electron chi connectivity index (χ4n) is 2.99. The number of β-amino-alcohol motifs (C(OH)–C–C–N with tert-alkyl or cyclic N) is 1. The first-order chi connectivity index (χ1) is 13.1. The fourth-order valence-corrected chi connectivity index (χ4v) is 3.24. The number of hydrogen-bond donors (Lipinski definition) is 2. The van der Waals surface area contributed by atoms with Gasteiger partial charge < -0.3 is 10.0 Å². The molecule has 2 aromatic carbocycles. The number of aliphatic hydroxyl groups is 1. The number of carbonyl (C=O) groups is 1. The Morgan fingerprint density at radius 3 is 2.43 bits per heavy atom. The number of alkyl halides is 3. The first-order valence-electron chi connectivity index (χ1n) is 8.25. The van der Waals surface area contributed by atoms with E-state index in [2.05, 4.69) is 0 Å². The highest BCUT2D eigenvalue weighted by Crippen LogP contribution is 2.37. The van der Waals surface area contributed by atoms with Crippen molar-refractivity contribution in [2.24, 2.45) is 0 Å². The molecule has 150 valence electrons. The maximum atomic E-state index is 13.4. The number of halogens is 4. The molecule has 0 saturated carbocycles. The van der Waals surface area contributed by atoms with E-state index in [1.54, 1.807) is 12.1 Å². The zero-order valence-corrected chi connectivity index (χ0v) is 15.4. The van der Waals surface area contributed by atoms with E-state index >= 15 is 0 Å². The second-order valence-corrected chi connectivity index (χ2v) is 6.75. The maximum Gasteiger partial charge on any atom is 0.417 e. The summed E-state index contributed by atoms with van der Waals surface area (Å²) in [6, 6.07) is 9.35. The number of amides is 1. The quantitative estimate of drug-likeness (QED) is 0.749. The highest BCUT2D eigenvalue weighted by Gasteiger charge is 2.38. The van der Waals surface area contributed by atoms with Crippen LogP contribution < -0.4 is 9.91 Å². The summed E-state index contributed by atoms with van der Waals surface area (Å²) < 4.78 is 40.1. The van der Waals surface area contributed by atoms with Crippen molar-refractivity contribution in [3.8, 4) is 0 Å². The van der Waals surface area contributed by atoms with E-state index in [1.165, 1.54) is 18.2 Å². The molecule has 1 saturated heterocycles. The van der Waals surface area contributed by atoms with Crippen LogP contribution in [0.5, 0.6) is 0 Å². The molecule has 10 heteroatoms. The van der Waals surface area contributed by atoms with Gasteiger partial charge >= 0.3 is 6.18 Å². The second-order valence-electron chi connectivity index (χ2n) is 6.35. The van der Waals surface area contributed by atoms with Gasteiger partial charge in [0.05, 0.1) is 27.9 Å². The Morgan fingerprint density at radius 1 is 1.21 bits per heavy atom. The molecule has 28 heavy (non-hydrogen) atoms. The predicted octanol–water partition coefficient (Wildman–Crippen LogP) is 3.42. The van der Waals surface area contributed by atoms with Gasteiger partial charge in [0.1, 0.15) is 0 Å². The van der Waals surface area contributed by atoms with Crippen LogP contribution in [0.25, 0.3) is 0 Å². The van der Waals surface area contributed by atoms with Gasteiger partial charge in [-0.25, -0.2) is 5.01 Å². The topological polar surface area (TPSA) is 67.2 Å². The summed E-state index contributed by atoms with van der Waals surface area (Å²) in [5, 5.41) is 20.1.